The molecule has 1 fully saturated rings. The molecule has 0 radical (unpaired) electrons. The predicted octanol–water partition coefficient (Wildman–Crippen LogP) is 1.32. The molecule has 5 N–H and O–H groups in total. The van der Waals surface area contributed by atoms with Crippen LogP contribution in [0.1, 0.15) is 11.1 Å². The molecule has 4 aromatic rings. The average Bonchev–Trinajstić information content (AvgIpc) is 2.81. The molecule has 1 aliphatic rings. The van der Waals surface area contributed by atoms with Crippen molar-refractivity contribution in [2.45, 2.75) is 18.5 Å². The first kappa shape index (κ1) is 20.2. The van der Waals surface area contributed by atoms with Gasteiger partial charge in [-0.05, 0) is 41.8 Å². The number of carbonyl (C=O) groups excluding carboxylic acids is 1. The van der Waals surface area contributed by atoms with Crippen LogP contribution in [0.3, 0.4) is 0 Å². The summed E-state index contributed by atoms with van der Waals surface area (Å²) in [6, 6.07) is 11.9. The highest BCUT2D eigenvalue weighted by Gasteiger charge is 2.39. The van der Waals surface area contributed by atoms with E-state index in [4.69, 9.17) is 11.5 Å². The van der Waals surface area contributed by atoms with Gasteiger partial charge in [0, 0.05) is 37.0 Å². The zero-order chi connectivity index (χ0) is 22.1. The van der Waals surface area contributed by atoms with Gasteiger partial charge in [0.1, 0.15) is 30.6 Å². The lowest BCUT2D eigenvalue weighted by atomic mass is 9.87. The van der Waals surface area contributed by atoms with Crippen molar-refractivity contribution in [1.82, 2.24) is 30.2 Å². The Morgan fingerprint density at radius 3 is 2.22 bits per heavy atom. The third kappa shape index (κ3) is 3.61. The maximum absolute atomic E-state index is 12.5. The quantitative estimate of drug-likeness (QED) is 0.402. The zero-order valence-electron chi connectivity index (χ0n) is 17.5. The molecule has 1 unspecified atom stereocenters. The largest absolute Gasteiger partial charge is 0.383 e. The molecule has 0 saturated carbocycles. The normalized spacial score (nSPS) is 19.4. The van der Waals surface area contributed by atoms with E-state index in [2.05, 4.69) is 30.2 Å². The molecule has 9 nitrogen and oxygen atoms in total. The number of rotatable bonds is 5. The summed E-state index contributed by atoms with van der Waals surface area (Å²) in [5.41, 5.74) is 14.9. The van der Waals surface area contributed by atoms with E-state index in [0.717, 1.165) is 52.3 Å². The van der Waals surface area contributed by atoms with Crippen molar-refractivity contribution in [2.75, 3.05) is 31.1 Å². The number of piperazine rings is 1. The van der Waals surface area contributed by atoms with Gasteiger partial charge in [-0.15, -0.1) is 0 Å². The molecule has 2 aromatic heterocycles. The molecule has 0 bridgehead atoms. The Bertz CT molecular complexity index is 1310. The van der Waals surface area contributed by atoms with Gasteiger partial charge in [0.25, 0.3) is 0 Å². The first-order valence-electron chi connectivity index (χ1n) is 10.5. The molecule has 3 heterocycles. The van der Waals surface area contributed by atoms with E-state index in [9.17, 15) is 4.79 Å². The van der Waals surface area contributed by atoms with Crippen molar-refractivity contribution < 1.29 is 4.79 Å². The number of nitrogens with two attached hydrogens (primary N) is 2. The van der Waals surface area contributed by atoms with Crippen molar-refractivity contribution in [3.63, 3.8) is 0 Å². The second kappa shape index (κ2) is 8.10. The van der Waals surface area contributed by atoms with E-state index >= 15 is 0 Å². The predicted molar refractivity (Wildman–Crippen MR) is 124 cm³/mol. The number of aldehydes is 1. The minimum atomic E-state index is -0.676. The van der Waals surface area contributed by atoms with Crippen molar-refractivity contribution in [3.05, 3.63) is 60.2 Å². The van der Waals surface area contributed by atoms with Crippen LogP contribution < -0.4 is 16.8 Å². The maximum Gasteiger partial charge on any atom is 0.141 e. The lowest BCUT2D eigenvalue weighted by Crippen LogP contribution is -2.63. The van der Waals surface area contributed by atoms with Crippen LogP contribution in [-0.4, -0.2) is 56.3 Å². The third-order valence-electron chi connectivity index (χ3n) is 6.19. The topological polar surface area (TPSA) is 136 Å². The molecule has 1 saturated heterocycles. The van der Waals surface area contributed by atoms with Crippen LogP contribution in [0.15, 0.2) is 49.1 Å². The monoisotopic (exact) mass is 428 g/mol. The fourth-order valence-electron chi connectivity index (χ4n) is 4.45. The SMILES string of the molecule is Nc1ncnc2cc(CN3CCNCC3(C=O)Cc3ccc4c(N)ncnc4c3)ccc12. The Hall–Kier alpha value is -3.69. The molecule has 1 aliphatic heterocycles. The highest BCUT2D eigenvalue weighted by Crippen LogP contribution is 2.27. The van der Waals surface area contributed by atoms with E-state index in [1.165, 1.54) is 12.7 Å². The van der Waals surface area contributed by atoms with Crippen LogP contribution in [0, 0.1) is 0 Å². The number of nitrogens with zero attached hydrogens (tertiary/aromatic N) is 5. The minimum Gasteiger partial charge on any atom is -0.383 e. The van der Waals surface area contributed by atoms with Gasteiger partial charge in [-0.25, -0.2) is 19.9 Å². The summed E-state index contributed by atoms with van der Waals surface area (Å²) in [5.74, 6) is 0.917. The zero-order valence-corrected chi connectivity index (χ0v) is 17.5. The summed E-state index contributed by atoms with van der Waals surface area (Å²) in [5, 5.41) is 5.03. The second-order valence-electron chi connectivity index (χ2n) is 8.22. The lowest BCUT2D eigenvalue weighted by molar-refractivity contribution is -0.120. The maximum atomic E-state index is 12.5. The van der Waals surface area contributed by atoms with E-state index in [1.54, 1.807) is 0 Å². The summed E-state index contributed by atoms with van der Waals surface area (Å²) in [7, 11) is 0. The number of benzene rings is 2. The molecule has 9 heteroatoms. The number of hydrogen-bond acceptors (Lipinski definition) is 9. The average molecular weight is 429 g/mol. The molecule has 5 rings (SSSR count). The fourth-order valence-corrected chi connectivity index (χ4v) is 4.45. The molecular formula is C23H24N8O. The number of nitrogen functional groups attached to an aromatic ring is 2. The molecule has 32 heavy (non-hydrogen) atoms. The summed E-state index contributed by atoms with van der Waals surface area (Å²) in [6.07, 6.45) is 4.56. The molecular weight excluding hydrogens is 404 g/mol. The highest BCUT2D eigenvalue weighted by molar-refractivity contribution is 5.89. The van der Waals surface area contributed by atoms with Crippen LogP contribution in [0.5, 0.6) is 0 Å². The number of carbonyl (C=O) groups is 1. The third-order valence-corrected chi connectivity index (χ3v) is 6.19. The Labute approximate surface area is 184 Å². The van der Waals surface area contributed by atoms with Crippen LogP contribution in [0.25, 0.3) is 21.8 Å². The van der Waals surface area contributed by atoms with Gasteiger partial charge in [0.2, 0.25) is 0 Å². The van der Waals surface area contributed by atoms with E-state index in [1.807, 2.05) is 36.4 Å². The fraction of sp³-hybridized carbons (Fsp3) is 0.261. The van der Waals surface area contributed by atoms with E-state index in [0.29, 0.717) is 31.1 Å². The van der Waals surface area contributed by atoms with Gasteiger partial charge in [-0.2, -0.15) is 0 Å². The summed E-state index contributed by atoms with van der Waals surface area (Å²) in [6.45, 7) is 2.78. The standard InChI is InChI=1S/C23H24N8O/c24-21-17-3-1-15(7-19(17)27-13-29-21)9-23(12-32)11-26-5-6-31(23)10-16-2-4-18-20(8-16)28-14-30-22(18)25/h1-4,7-8,12-14,26H,5-6,9-11H2,(H2,24,27,29)(H2,25,28,30). The highest BCUT2D eigenvalue weighted by atomic mass is 16.1. The number of nitrogens with one attached hydrogen (secondary N) is 1. The lowest BCUT2D eigenvalue weighted by Gasteiger charge is -2.44. The van der Waals surface area contributed by atoms with Gasteiger partial charge in [-0.1, -0.05) is 12.1 Å². The van der Waals surface area contributed by atoms with E-state index in [-0.39, 0.29) is 0 Å². The summed E-state index contributed by atoms with van der Waals surface area (Å²) < 4.78 is 0. The van der Waals surface area contributed by atoms with E-state index < -0.39 is 5.54 Å². The summed E-state index contributed by atoms with van der Waals surface area (Å²) >= 11 is 0. The number of fused-ring (bicyclic) bond motifs is 2. The number of anilines is 2. The van der Waals surface area contributed by atoms with Crippen molar-refractivity contribution in [1.29, 1.82) is 0 Å². The van der Waals surface area contributed by atoms with Crippen molar-refractivity contribution in [3.8, 4) is 0 Å². The first-order valence-corrected chi connectivity index (χ1v) is 10.5. The number of aromatic nitrogens is 4. The molecule has 2 aromatic carbocycles. The first-order chi connectivity index (χ1) is 15.6. The van der Waals surface area contributed by atoms with Gasteiger partial charge in [-0.3, -0.25) is 4.90 Å². The Kier molecular flexibility index (Phi) is 5.12. The van der Waals surface area contributed by atoms with Gasteiger partial charge in [0.05, 0.1) is 16.6 Å². The Morgan fingerprint density at radius 2 is 1.56 bits per heavy atom. The second-order valence-corrected chi connectivity index (χ2v) is 8.22. The Morgan fingerprint density at radius 1 is 0.938 bits per heavy atom. The Balaban J connectivity index is 1.46. The van der Waals surface area contributed by atoms with Crippen LogP contribution in [-0.2, 0) is 17.8 Å². The van der Waals surface area contributed by atoms with Crippen LogP contribution in [0.2, 0.25) is 0 Å². The van der Waals surface area contributed by atoms with Crippen LogP contribution >= 0.6 is 0 Å². The van der Waals surface area contributed by atoms with Crippen molar-refractivity contribution in [2.24, 2.45) is 0 Å². The molecule has 1 atom stereocenters. The van der Waals surface area contributed by atoms with Gasteiger partial charge < -0.3 is 21.6 Å². The molecule has 0 amide bonds. The summed E-state index contributed by atoms with van der Waals surface area (Å²) in [4.78, 5) is 31.5. The van der Waals surface area contributed by atoms with Crippen molar-refractivity contribution >= 4 is 39.7 Å². The number of hydrogen-bond donors (Lipinski definition) is 3. The van der Waals surface area contributed by atoms with Gasteiger partial charge >= 0.3 is 0 Å². The van der Waals surface area contributed by atoms with Crippen LogP contribution in [0.4, 0.5) is 11.6 Å². The molecule has 162 valence electrons. The minimum absolute atomic E-state index is 0.452. The van der Waals surface area contributed by atoms with Gasteiger partial charge in [0.15, 0.2) is 0 Å². The molecule has 0 spiro atoms. The smallest absolute Gasteiger partial charge is 0.141 e. The molecule has 0 aliphatic carbocycles.